The average molecular weight is 326 g/mol. The molecule has 1 saturated heterocycles. The topological polar surface area (TPSA) is 54.5 Å². The standard InChI is InChI=1S/C16H24ClN3O2/c1-16(2,3)22-15(21)19-10-12-5-4-8-20(11-12)13-6-7-18-14(17)9-13/h6-7,9,12H,4-5,8,10-11H2,1-3H3,(H,19,21)/t12-/m1/s1. The number of ether oxygens (including phenoxy) is 1. The van der Waals surface area contributed by atoms with Crippen LogP contribution >= 0.6 is 11.6 Å². The highest BCUT2D eigenvalue weighted by atomic mass is 35.5. The van der Waals surface area contributed by atoms with E-state index in [1.54, 1.807) is 6.20 Å². The molecule has 2 rings (SSSR count). The Balaban J connectivity index is 1.85. The lowest BCUT2D eigenvalue weighted by atomic mass is 9.97. The number of alkyl carbamates (subject to hydrolysis) is 1. The Kier molecular flexibility index (Phi) is 5.51. The van der Waals surface area contributed by atoms with Gasteiger partial charge in [0.25, 0.3) is 0 Å². The largest absolute Gasteiger partial charge is 0.444 e. The molecule has 122 valence electrons. The Morgan fingerprint density at radius 2 is 2.32 bits per heavy atom. The fourth-order valence-corrected chi connectivity index (χ4v) is 2.77. The maximum Gasteiger partial charge on any atom is 0.407 e. The van der Waals surface area contributed by atoms with E-state index in [1.165, 1.54) is 0 Å². The number of amides is 1. The molecule has 6 heteroatoms. The Bertz CT molecular complexity index is 516. The van der Waals surface area contributed by atoms with Gasteiger partial charge in [0.15, 0.2) is 0 Å². The van der Waals surface area contributed by atoms with Crippen LogP contribution in [-0.4, -0.2) is 36.3 Å². The van der Waals surface area contributed by atoms with Crippen molar-refractivity contribution in [2.45, 2.75) is 39.2 Å². The first-order valence-electron chi connectivity index (χ1n) is 7.67. The Labute approximate surface area is 137 Å². The Morgan fingerprint density at radius 3 is 3.00 bits per heavy atom. The van der Waals surface area contributed by atoms with Gasteiger partial charge in [-0.2, -0.15) is 0 Å². The van der Waals surface area contributed by atoms with Gasteiger partial charge >= 0.3 is 6.09 Å². The summed E-state index contributed by atoms with van der Waals surface area (Å²) in [6, 6.07) is 3.85. The van der Waals surface area contributed by atoms with E-state index >= 15 is 0 Å². The first-order chi connectivity index (χ1) is 10.3. The minimum atomic E-state index is -0.462. The van der Waals surface area contributed by atoms with E-state index in [-0.39, 0.29) is 6.09 Å². The third kappa shape index (κ3) is 5.37. The molecule has 1 aliphatic heterocycles. The van der Waals surface area contributed by atoms with Crippen molar-refractivity contribution in [2.75, 3.05) is 24.5 Å². The van der Waals surface area contributed by atoms with Crippen LogP contribution in [0.25, 0.3) is 0 Å². The molecule has 0 spiro atoms. The molecule has 0 bridgehead atoms. The molecule has 5 nitrogen and oxygen atoms in total. The van der Waals surface area contributed by atoms with Crippen LogP contribution in [0.2, 0.25) is 5.15 Å². The number of nitrogens with zero attached hydrogens (tertiary/aromatic N) is 2. The summed E-state index contributed by atoms with van der Waals surface area (Å²) in [5, 5.41) is 3.37. The van der Waals surface area contributed by atoms with Crippen LogP contribution in [-0.2, 0) is 4.74 Å². The number of aromatic nitrogens is 1. The van der Waals surface area contributed by atoms with Crippen LogP contribution < -0.4 is 10.2 Å². The number of nitrogens with one attached hydrogen (secondary N) is 1. The minimum absolute atomic E-state index is 0.350. The van der Waals surface area contributed by atoms with E-state index in [0.29, 0.717) is 17.6 Å². The van der Waals surface area contributed by atoms with Gasteiger partial charge in [-0.3, -0.25) is 0 Å². The zero-order chi connectivity index (χ0) is 16.2. The van der Waals surface area contributed by atoms with Gasteiger partial charge in [0, 0.05) is 31.5 Å². The number of piperidine rings is 1. The van der Waals surface area contributed by atoms with Crippen LogP contribution in [0.3, 0.4) is 0 Å². The van der Waals surface area contributed by atoms with Gasteiger partial charge in [-0.25, -0.2) is 9.78 Å². The fraction of sp³-hybridized carbons (Fsp3) is 0.625. The van der Waals surface area contributed by atoms with Gasteiger partial charge in [-0.15, -0.1) is 0 Å². The van der Waals surface area contributed by atoms with Crippen molar-refractivity contribution >= 4 is 23.4 Å². The predicted octanol–water partition coefficient (Wildman–Crippen LogP) is 3.48. The molecule has 1 fully saturated rings. The molecule has 0 aliphatic carbocycles. The number of carbonyl (C=O) groups excluding carboxylic acids is 1. The van der Waals surface area contributed by atoms with Crippen molar-refractivity contribution in [2.24, 2.45) is 5.92 Å². The highest BCUT2D eigenvalue weighted by Crippen LogP contribution is 2.24. The summed E-state index contributed by atoms with van der Waals surface area (Å²) in [7, 11) is 0. The smallest absolute Gasteiger partial charge is 0.407 e. The first-order valence-corrected chi connectivity index (χ1v) is 8.04. The predicted molar refractivity (Wildman–Crippen MR) is 88.4 cm³/mol. The van der Waals surface area contributed by atoms with Gasteiger partial charge in [0.05, 0.1) is 0 Å². The number of rotatable bonds is 3. The summed E-state index contributed by atoms with van der Waals surface area (Å²) < 4.78 is 5.27. The van der Waals surface area contributed by atoms with E-state index in [4.69, 9.17) is 16.3 Å². The molecule has 1 N–H and O–H groups in total. The second-order valence-electron chi connectivity index (χ2n) is 6.67. The summed E-state index contributed by atoms with van der Waals surface area (Å²) in [5.74, 6) is 0.410. The Hall–Kier alpha value is -1.49. The molecule has 1 aromatic heterocycles. The SMILES string of the molecule is CC(C)(C)OC(=O)NC[C@H]1CCCN(c2ccnc(Cl)c2)C1. The van der Waals surface area contributed by atoms with Gasteiger partial charge < -0.3 is 15.0 Å². The maximum atomic E-state index is 11.7. The molecule has 0 aromatic carbocycles. The third-order valence-corrected chi connectivity index (χ3v) is 3.73. The van der Waals surface area contributed by atoms with E-state index in [0.717, 1.165) is 31.6 Å². The first kappa shape index (κ1) is 16.9. The fourth-order valence-electron chi connectivity index (χ4n) is 2.60. The van der Waals surface area contributed by atoms with Crippen molar-refractivity contribution < 1.29 is 9.53 Å². The lowest BCUT2D eigenvalue weighted by molar-refractivity contribution is 0.0517. The molecule has 0 saturated carbocycles. The molecule has 1 atom stereocenters. The zero-order valence-corrected chi connectivity index (χ0v) is 14.2. The quantitative estimate of drug-likeness (QED) is 0.864. The molecular formula is C16H24ClN3O2. The Morgan fingerprint density at radius 1 is 1.55 bits per heavy atom. The lowest BCUT2D eigenvalue weighted by Crippen LogP contribution is -2.42. The van der Waals surface area contributed by atoms with Crippen LogP contribution in [0.4, 0.5) is 10.5 Å². The summed E-state index contributed by atoms with van der Waals surface area (Å²) in [6.45, 7) is 8.12. The second kappa shape index (κ2) is 7.18. The van der Waals surface area contributed by atoms with Crippen molar-refractivity contribution in [3.63, 3.8) is 0 Å². The van der Waals surface area contributed by atoms with Crippen molar-refractivity contribution in [1.82, 2.24) is 10.3 Å². The van der Waals surface area contributed by atoms with Crippen molar-refractivity contribution in [3.8, 4) is 0 Å². The number of halogens is 1. The van der Waals surface area contributed by atoms with Crippen molar-refractivity contribution in [3.05, 3.63) is 23.5 Å². The monoisotopic (exact) mass is 325 g/mol. The number of hydrogen-bond acceptors (Lipinski definition) is 4. The van der Waals surface area contributed by atoms with Crippen molar-refractivity contribution in [1.29, 1.82) is 0 Å². The van der Waals surface area contributed by atoms with Gasteiger partial charge in [-0.1, -0.05) is 11.6 Å². The van der Waals surface area contributed by atoms with Gasteiger partial charge in [0.1, 0.15) is 10.8 Å². The average Bonchev–Trinajstić information content (AvgIpc) is 2.44. The zero-order valence-electron chi connectivity index (χ0n) is 13.4. The van der Waals surface area contributed by atoms with E-state index in [2.05, 4.69) is 15.2 Å². The van der Waals surface area contributed by atoms with E-state index < -0.39 is 5.60 Å². The molecule has 22 heavy (non-hydrogen) atoms. The van der Waals surface area contributed by atoms with E-state index in [1.807, 2.05) is 32.9 Å². The molecule has 0 unspecified atom stereocenters. The van der Waals surface area contributed by atoms with Crippen LogP contribution in [0.5, 0.6) is 0 Å². The molecular weight excluding hydrogens is 302 g/mol. The maximum absolute atomic E-state index is 11.7. The van der Waals surface area contributed by atoms with Crippen LogP contribution in [0.1, 0.15) is 33.6 Å². The number of hydrogen-bond donors (Lipinski definition) is 1. The minimum Gasteiger partial charge on any atom is -0.444 e. The third-order valence-electron chi connectivity index (χ3n) is 3.53. The molecule has 1 amide bonds. The highest BCUT2D eigenvalue weighted by molar-refractivity contribution is 6.29. The highest BCUT2D eigenvalue weighted by Gasteiger charge is 2.22. The van der Waals surface area contributed by atoms with Gasteiger partial charge in [0.2, 0.25) is 0 Å². The van der Waals surface area contributed by atoms with E-state index in [9.17, 15) is 4.79 Å². The molecule has 0 radical (unpaired) electrons. The molecule has 1 aliphatic rings. The van der Waals surface area contributed by atoms with Crippen LogP contribution in [0, 0.1) is 5.92 Å². The number of pyridine rings is 1. The number of anilines is 1. The summed E-state index contributed by atoms with van der Waals surface area (Å²) in [6.07, 6.45) is 3.57. The van der Waals surface area contributed by atoms with Gasteiger partial charge in [-0.05, 0) is 51.7 Å². The molecule has 1 aromatic rings. The lowest BCUT2D eigenvalue weighted by Gasteiger charge is -2.34. The normalized spacial score (nSPS) is 18.9. The number of carbonyl (C=O) groups is 1. The van der Waals surface area contributed by atoms with Crippen LogP contribution in [0.15, 0.2) is 18.3 Å². The summed E-state index contributed by atoms with van der Waals surface area (Å²) in [5.41, 5.74) is 0.623. The summed E-state index contributed by atoms with van der Waals surface area (Å²) in [4.78, 5) is 18.0. The molecule has 2 heterocycles. The summed E-state index contributed by atoms with van der Waals surface area (Å²) >= 11 is 5.95. The second-order valence-corrected chi connectivity index (χ2v) is 7.06.